The molecule has 0 unspecified atom stereocenters. The fourth-order valence-corrected chi connectivity index (χ4v) is 6.63. The molecule has 0 N–H and O–H groups in total. The lowest BCUT2D eigenvalue weighted by molar-refractivity contribution is -0.461. The summed E-state index contributed by atoms with van der Waals surface area (Å²) >= 11 is 0. The van der Waals surface area contributed by atoms with Crippen LogP contribution in [0.2, 0.25) is 0 Å². The molecule has 6 nitrogen and oxygen atoms in total. The van der Waals surface area contributed by atoms with E-state index in [1.165, 1.54) is 29.3 Å². The number of nitro groups is 1. The highest BCUT2D eigenvalue weighted by molar-refractivity contribution is 5.75. The van der Waals surface area contributed by atoms with E-state index >= 15 is 4.39 Å². The zero-order valence-electron chi connectivity index (χ0n) is 37.9. The largest absolute Gasteiger partial charge is 0.460 e. The molecule has 0 radical (unpaired) electrons. The van der Waals surface area contributed by atoms with E-state index in [9.17, 15) is 84.8 Å². The van der Waals surface area contributed by atoms with Gasteiger partial charge in [0.25, 0.3) is 5.69 Å². The average molecular weight is 1070 g/mol. The van der Waals surface area contributed by atoms with Crippen molar-refractivity contribution in [3.05, 3.63) is 176 Å². The van der Waals surface area contributed by atoms with Gasteiger partial charge >= 0.3 is 47.6 Å². The molecule has 5 aromatic carbocycles. The van der Waals surface area contributed by atoms with Crippen molar-refractivity contribution in [2.24, 2.45) is 10.3 Å². The van der Waals surface area contributed by atoms with E-state index in [1.807, 2.05) is 72.8 Å². The third kappa shape index (κ3) is 12.4. The van der Waals surface area contributed by atoms with Crippen molar-refractivity contribution < 1.29 is 84.0 Å². The Morgan fingerprint density at radius 1 is 0.500 bits per heavy atom. The van der Waals surface area contributed by atoms with Crippen molar-refractivity contribution in [3.63, 3.8) is 0 Å². The highest BCUT2D eigenvalue weighted by Gasteiger charge is 2.95. The van der Waals surface area contributed by atoms with E-state index in [0.29, 0.717) is 17.5 Å². The monoisotopic (exact) mass is 1070 g/mol. The fraction of sp³-hybridized carbons (Fsp3) is 0.280. The average Bonchev–Trinajstić information content (AvgIpc) is 3.34. The van der Waals surface area contributed by atoms with E-state index in [0.717, 1.165) is 52.1 Å². The van der Waals surface area contributed by atoms with E-state index < -0.39 is 76.8 Å². The molecule has 0 aliphatic heterocycles. The highest BCUT2D eigenvalue weighted by Crippen LogP contribution is 2.64. The molecule has 24 heteroatoms. The van der Waals surface area contributed by atoms with E-state index in [4.69, 9.17) is 0 Å². The van der Waals surface area contributed by atoms with Gasteiger partial charge in [0.15, 0.2) is 5.82 Å². The summed E-state index contributed by atoms with van der Waals surface area (Å²) < 4.78 is 247. The Bertz CT molecular complexity index is 2830. The van der Waals surface area contributed by atoms with E-state index in [-0.39, 0.29) is 24.5 Å². The molecule has 5 rings (SSSR count). The van der Waals surface area contributed by atoms with Crippen molar-refractivity contribution in [3.8, 4) is 0 Å². The summed E-state index contributed by atoms with van der Waals surface area (Å²) in [5, 5.41) is 20.1. The zero-order valence-corrected chi connectivity index (χ0v) is 37.9. The Morgan fingerprint density at radius 2 is 0.865 bits per heavy atom. The van der Waals surface area contributed by atoms with Gasteiger partial charge in [-0.15, -0.1) is 5.11 Å². The molecule has 0 spiro atoms. The van der Waals surface area contributed by atoms with Crippen LogP contribution in [0, 0.1) is 15.9 Å². The normalized spacial score (nSPS) is 13.8. The number of nitro benzene ring substituents is 1. The first-order chi connectivity index (χ1) is 34.3. The quantitative estimate of drug-likeness (QED) is 0.0228. The molecule has 0 amide bonds. The summed E-state index contributed by atoms with van der Waals surface area (Å²) in [6, 6.07) is 29.7. The van der Waals surface area contributed by atoms with Crippen molar-refractivity contribution in [1.29, 1.82) is 0 Å². The fourth-order valence-electron chi connectivity index (χ4n) is 6.63. The van der Waals surface area contributed by atoms with Gasteiger partial charge in [-0.25, -0.2) is 4.39 Å². The standard InChI is InChI=1S/C50H38F18N4O2/c1-2-29-71(31-39-19-16-37(17-20-39)27-28-43(52,53)44(54,55)45(56,57)46(58,59)47(60,61)48(62,63)49(64,65)50(66,67)68)70-69-42-26-23-38(30-41(42)51)18-15-35-11-9-33(10-12-35)4-3-32-5-7-34(8-6-32)13-14-36-21-24-40(25-22-36)72(73)74/h3-26,30H,2,27-29,31H2,1H3/b4-3+,14-13+,18-15+,70-69?. The Balaban J connectivity index is 1.15. The van der Waals surface area contributed by atoms with Crippen molar-refractivity contribution >= 4 is 47.8 Å². The molecule has 5 aromatic rings. The predicted octanol–water partition coefficient (Wildman–Crippen LogP) is 17.1. The number of benzene rings is 5. The number of aryl methyl sites for hydroxylation is 1. The summed E-state index contributed by atoms with van der Waals surface area (Å²) in [6.45, 7) is 1.81. The smallest absolute Gasteiger partial charge is 0.274 e. The van der Waals surface area contributed by atoms with Crippen molar-refractivity contribution in [1.82, 2.24) is 5.01 Å². The number of halogens is 18. The molecule has 0 heterocycles. The molecule has 0 aromatic heterocycles. The van der Waals surface area contributed by atoms with Gasteiger partial charge in [0.2, 0.25) is 0 Å². The number of non-ortho nitro benzene ring substituents is 1. The Kier molecular flexibility index (Phi) is 17.3. The van der Waals surface area contributed by atoms with Crippen molar-refractivity contribution in [2.45, 2.75) is 80.4 Å². The summed E-state index contributed by atoms with van der Waals surface area (Å²) in [5.74, 6) is -57.4. The molecule has 0 bridgehead atoms. The molecule has 396 valence electrons. The SMILES string of the molecule is CCCN(Cc1ccc(CCC(F)(F)C(F)(F)C(F)(F)C(F)(F)C(F)(F)C(F)(F)C(F)(F)C(F)(F)F)cc1)N=Nc1ccc(/C=C/c2ccc(/C=C/c3ccc(/C=C/c4ccc([N+](=O)[O-])cc4)cc3)cc2)cc1F. The van der Waals surface area contributed by atoms with Crippen LogP contribution in [0.15, 0.2) is 126 Å². The third-order valence-corrected chi connectivity index (χ3v) is 11.0. The summed E-state index contributed by atoms with van der Waals surface area (Å²) in [4.78, 5) is 10.4. The van der Waals surface area contributed by atoms with Gasteiger partial charge in [0, 0.05) is 25.1 Å². The Hall–Kier alpha value is -7.14. The topological polar surface area (TPSA) is 71.1 Å². The number of alkyl halides is 17. The van der Waals surface area contributed by atoms with Gasteiger partial charge in [-0.2, -0.15) is 74.6 Å². The molecular weight excluding hydrogens is 1030 g/mol. The van der Waals surface area contributed by atoms with Crippen LogP contribution in [0.25, 0.3) is 36.5 Å². The maximum atomic E-state index is 15.1. The minimum Gasteiger partial charge on any atom is -0.274 e. The molecule has 0 aliphatic rings. The summed E-state index contributed by atoms with van der Waals surface area (Å²) in [5.41, 5.74) is 4.58. The van der Waals surface area contributed by atoms with Crippen LogP contribution >= 0.6 is 0 Å². The number of hydrogen-bond acceptors (Lipinski definition) is 4. The number of rotatable bonds is 22. The molecule has 0 saturated carbocycles. The van der Waals surface area contributed by atoms with Crippen molar-refractivity contribution in [2.75, 3.05) is 6.54 Å². The number of hydrogen-bond donors (Lipinski definition) is 0. The Labute approximate surface area is 409 Å². The van der Waals surface area contributed by atoms with Gasteiger partial charge in [-0.1, -0.05) is 127 Å². The first-order valence-corrected chi connectivity index (χ1v) is 21.5. The van der Waals surface area contributed by atoms with Crippen LogP contribution in [0.5, 0.6) is 0 Å². The van der Waals surface area contributed by atoms with Gasteiger partial charge in [-0.3, -0.25) is 15.1 Å². The Morgan fingerprint density at radius 3 is 1.26 bits per heavy atom. The summed E-state index contributed by atoms with van der Waals surface area (Å²) in [6.07, 6.45) is -0.375. The lowest BCUT2D eigenvalue weighted by Crippen LogP contribution is -2.74. The zero-order chi connectivity index (χ0) is 55.1. The number of nitrogens with zero attached hydrogens (tertiary/aromatic N) is 4. The summed E-state index contributed by atoms with van der Waals surface area (Å²) in [7, 11) is 0. The second kappa shape index (κ2) is 22.1. The maximum absolute atomic E-state index is 15.1. The lowest BCUT2D eigenvalue weighted by Gasteiger charge is -2.42. The minimum atomic E-state index is -8.68. The highest BCUT2D eigenvalue weighted by atomic mass is 19.4. The van der Waals surface area contributed by atoms with Gasteiger partial charge in [0.1, 0.15) is 5.69 Å². The third-order valence-electron chi connectivity index (χ3n) is 11.0. The van der Waals surface area contributed by atoms with Crippen LogP contribution in [-0.2, 0) is 13.0 Å². The van der Waals surface area contributed by atoms with Crippen LogP contribution in [0.1, 0.15) is 64.3 Å². The maximum Gasteiger partial charge on any atom is 0.460 e. The van der Waals surface area contributed by atoms with E-state index in [2.05, 4.69) is 10.3 Å². The molecule has 0 fully saturated rings. The van der Waals surface area contributed by atoms with E-state index in [1.54, 1.807) is 37.3 Å². The van der Waals surface area contributed by atoms with Crippen LogP contribution in [0.3, 0.4) is 0 Å². The first kappa shape index (κ1) is 57.8. The lowest BCUT2D eigenvalue weighted by atomic mass is 9.87. The van der Waals surface area contributed by atoms with Crippen LogP contribution in [-0.4, -0.2) is 64.1 Å². The van der Waals surface area contributed by atoms with Gasteiger partial charge < -0.3 is 0 Å². The minimum absolute atomic E-state index is 0.00655. The van der Waals surface area contributed by atoms with Gasteiger partial charge in [-0.05, 0) is 81.6 Å². The predicted molar refractivity (Wildman–Crippen MR) is 240 cm³/mol. The van der Waals surface area contributed by atoms with Crippen LogP contribution in [0.4, 0.5) is 90.4 Å². The second-order valence-corrected chi connectivity index (χ2v) is 16.4. The molecule has 0 aliphatic carbocycles. The van der Waals surface area contributed by atoms with Gasteiger partial charge in [0.05, 0.1) is 11.5 Å². The molecule has 0 saturated heterocycles. The second-order valence-electron chi connectivity index (χ2n) is 16.4. The molecule has 0 atom stereocenters. The molecular formula is C50H38F18N4O2. The first-order valence-electron chi connectivity index (χ1n) is 21.5. The van der Waals surface area contributed by atoms with Crippen LogP contribution < -0.4 is 0 Å². The molecule has 74 heavy (non-hydrogen) atoms.